The second-order valence-corrected chi connectivity index (χ2v) is 8.01. The summed E-state index contributed by atoms with van der Waals surface area (Å²) in [6.07, 6.45) is 17.3. The molecule has 3 atom stereocenters. The van der Waals surface area contributed by atoms with Crippen molar-refractivity contribution >= 4 is 5.57 Å². The zero-order valence-corrected chi connectivity index (χ0v) is 16.5. The summed E-state index contributed by atoms with van der Waals surface area (Å²) in [5, 5.41) is 0. The second kappa shape index (κ2) is 7.77. The Hall–Kier alpha value is -1.56. The number of hydrogen-bond acceptors (Lipinski definition) is 0. The molecule has 0 saturated heterocycles. The van der Waals surface area contributed by atoms with Crippen LogP contribution >= 0.6 is 0 Å². The van der Waals surface area contributed by atoms with E-state index >= 15 is 0 Å². The molecule has 0 aliphatic heterocycles. The zero-order chi connectivity index (χ0) is 17.9. The summed E-state index contributed by atoms with van der Waals surface area (Å²) in [7, 11) is 0. The monoisotopic (exact) mass is 334 g/mol. The minimum absolute atomic E-state index is 0.579. The van der Waals surface area contributed by atoms with Crippen LogP contribution in [0.25, 0.3) is 5.57 Å². The molecule has 1 aromatic rings. The van der Waals surface area contributed by atoms with E-state index in [1.54, 1.807) is 5.57 Å². The lowest BCUT2D eigenvalue weighted by Gasteiger charge is -2.32. The minimum Gasteiger partial charge on any atom is -0.0885 e. The summed E-state index contributed by atoms with van der Waals surface area (Å²) in [4.78, 5) is 0. The highest BCUT2D eigenvalue weighted by atomic mass is 14.6. The Morgan fingerprint density at radius 2 is 1.84 bits per heavy atom. The molecule has 0 aromatic heterocycles. The van der Waals surface area contributed by atoms with Gasteiger partial charge in [-0.05, 0) is 67.4 Å². The van der Waals surface area contributed by atoms with Gasteiger partial charge in [0.15, 0.2) is 0 Å². The van der Waals surface area contributed by atoms with Crippen molar-refractivity contribution in [2.45, 2.75) is 66.2 Å². The van der Waals surface area contributed by atoms with E-state index in [2.05, 4.69) is 76.3 Å². The first-order chi connectivity index (χ1) is 12.1. The lowest BCUT2D eigenvalue weighted by Crippen LogP contribution is -2.21. The predicted molar refractivity (Wildman–Crippen MR) is 111 cm³/mol. The Morgan fingerprint density at radius 1 is 1.08 bits per heavy atom. The third-order valence-electron chi connectivity index (χ3n) is 6.63. The molecular weight excluding hydrogens is 300 g/mol. The fourth-order valence-corrected chi connectivity index (χ4v) is 4.95. The van der Waals surface area contributed by atoms with Crippen molar-refractivity contribution < 1.29 is 0 Å². The standard InChI is InChI=1S/C25H34/c1-5-8-9-10-22-17-21(20-13-11-19(4)12-14-20)15-16-24(22)25(7-3)18-23(25)6-2/h8-9,11-15,17,23-24H,5-7,10,16,18H2,1-4H3/b9-8-. The van der Waals surface area contributed by atoms with Gasteiger partial charge in [0.25, 0.3) is 0 Å². The molecule has 1 fully saturated rings. The number of benzene rings is 1. The molecule has 25 heavy (non-hydrogen) atoms. The first-order valence-corrected chi connectivity index (χ1v) is 10.3. The van der Waals surface area contributed by atoms with Crippen molar-refractivity contribution in [3.63, 3.8) is 0 Å². The van der Waals surface area contributed by atoms with Gasteiger partial charge in [0.1, 0.15) is 0 Å². The second-order valence-electron chi connectivity index (χ2n) is 8.01. The van der Waals surface area contributed by atoms with Gasteiger partial charge < -0.3 is 0 Å². The molecule has 134 valence electrons. The fourth-order valence-electron chi connectivity index (χ4n) is 4.95. The SMILES string of the molecule is CC/C=C\CC1=CC(c2ccc(C)cc2)=CCC1C1(CC)CC1CC. The van der Waals surface area contributed by atoms with Gasteiger partial charge in [-0.15, -0.1) is 0 Å². The van der Waals surface area contributed by atoms with E-state index in [0.717, 1.165) is 24.7 Å². The van der Waals surface area contributed by atoms with E-state index in [1.807, 2.05) is 0 Å². The Bertz CT molecular complexity index is 670. The molecule has 0 spiro atoms. The van der Waals surface area contributed by atoms with Gasteiger partial charge in [0.05, 0.1) is 0 Å². The summed E-state index contributed by atoms with van der Waals surface area (Å²) in [6, 6.07) is 9.01. The Labute approximate surface area is 154 Å². The number of rotatable bonds is 7. The highest BCUT2D eigenvalue weighted by Gasteiger charge is 2.56. The Morgan fingerprint density at radius 3 is 2.44 bits per heavy atom. The van der Waals surface area contributed by atoms with Gasteiger partial charge in [-0.2, -0.15) is 0 Å². The van der Waals surface area contributed by atoms with Gasteiger partial charge in [-0.25, -0.2) is 0 Å². The van der Waals surface area contributed by atoms with Crippen LogP contribution in [-0.4, -0.2) is 0 Å². The zero-order valence-electron chi connectivity index (χ0n) is 16.5. The molecule has 2 aliphatic carbocycles. The minimum atomic E-state index is 0.579. The third-order valence-corrected chi connectivity index (χ3v) is 6.63. The quantitative estimate of drug-likeness (QED) is 0.453. The maximum Gasteiger partial charge on any atom is -0.0103 e. The van der Waals surface area contributed by atoms with Gasteiger partial charge in [-0.3, -0.25) is 0 Å². The topological polar surface area (TPSA) is 0 Å². The van der Waals surface area contributed by atoms with Crippen LogP contribution in [-0.2, 0) is 0 Å². The van der Waals surface area contributed by atoms with Crippen LogP contribution in [0.15, 0.2) is 54.1 Å². The van der Waals surface area contributed by atoms with Gasteiger partial charge >= 0.3 is 0 Å². The summed E-state index contributed by atoms with van der Waals surface area (Å²) in [5.41, 5.74) is 6.38. The fraction of sp³-hybridized carbons (Fsp3) is 0.520. The maximum absolute atomic E-state index is 2.52. The maximum atomic E-state index is 2.52. The molecule has 3 rings (SSSR count). The van der Waals surface area contributed by atoms with E-state index in [9.17, 15) is 0 Å². The van der Waals surface area contributed by atoms with E-state index in [4.69, 9.17) is 0 Å². The molecule has 0 heteroatoms. The van der Waals surface area contributed by atoms with Crippen LogP contribution in [0.1, 0.15) is 70.4 Å². The smallest absolute Gasteiger partial charge is 0.0103 e. The molecular formula is C25H34. The highest BCUT2D eigenvalue weighted by molar-refractivity contribution is 5.76. The van der Waals surface area contributed by atoms with Gasteiger partial charge in [-0.1, -0.05) is 86.9 Å². The van der Waals surface area contributed by atoms with E-state index in [1.165, 1.54) is 42.4 Å². The number of hydrogen-bond donors (Lipinski definition) is 0. The number of allylic oxidation sites excluding steroid dienone is 6. The molecule has 0 nitrogen and oxygen atoms in total. The molecule has 2 aliphatic rings. The summed E-state index contributed by atoms with van der Waals surface area (Å²) >= 11 is 0. The normalized spacial score (nSPS) is 28.8. The van der Waals surface area contributed by atoms with Crippen LogP contribution in [0.5, 0.6) is 0 Å². The van der Waals surface area contributed by atoms with Crippen LogP contribution in [0.2, 0.25) is 0 Å². The van der Waals surface area contributed by atoms with Gasteiger partial charge in [0.2, 0.25) is 0 Å². The summed E-state index contributed by atoms with van der Waals surface area (Å²) < 4.78 is 0. The van der Waals surface area contributed by atoms with Crippen LogP contribution in [0, 0.1) is 24.2 Å². The summed E-state index contributed by atoms with van der Waals surface area (Å²) in [5.74, 6) is 1.69. The molecule has 0 amide bonds. The lowest BCUT2D eigenvalue weighted by atomic mass is 9.72. The first-order valence-electron chi connectivity index (χ1n) is 10.3. The average molecular weight is 335 g/mol. The molecule has 3 unspecified atom stereocenters. The molecule has 0 heterocycles. The Balaban J connectivity index is 1.88. The largest absolute Gasteiger partial charge is 0.0885 e. The summed E-state index contributed by atoms with van der Waals surface area (Å²) in [6.45, 7) is 9.17. The van der Waals surface area contributed by atoms with Crippen LogP contribution in [0.3, 0.4) is 0 Å². The van der Waals surface area contributed by atoms with Crippen molar-refractivity contribution in [1.29, 1.82) is 0 Å². The highest BCUT2D eigenvalue weighted by Crippen LogP contribution is 2.65. The van der Waals surface area contributed by atoms with Crippen LogP contribution in [0.4, 0.5) is 0 Å². The van der Waals surface area contributed by atoms with Crippen molar-refractivity contribution in [3.8, 4) is 0 Å². The first kappa shape index (κ1) is 18.2. The van der Waals surface area contributed by atoms with Crippen LogP contribution < -0.4 is 0 Å². The molecule has 0 N–H and O–H groups in total. The number of aryl methyl sites for hydroxylation is 1. The molecule has 1 aromatic carbocycles. The molecule has 1 saturated carbocycles. The van der Waals surface area contributed by atoms with E-state index in [0.29, 0.717) is 5.41 Å². The van der Waals surface area contributed by atoms with Crippen molar-refractivity contribution in [1.82, 2.24) is 0 Å². The van der Waals surface area contributed by atoms with Crippen molar-refractivity contribution in [2.24, 2.45) is 17.3 Å². The third kappa shape index (κ3) is 3.68. The van der Waals surface area contributed by atoms with E-state index < -0.39 is 0 Å². The molecule has 0 bridgehead atoms. The predicted octanol–water partition coefficient (Wildman–Crippen LogP) is 7.51. The molecule has 0 radical (unpaired) electrons. The Kier molecular flexibility index (Phi) is 5.67. The average Bonchev–Trinajstić information content (AvgIpc) is 3.37. The van der Waals surface area contributed by atoms with E-state index in [-0.39, 0.29) is 0 Å². The van der Waals surface area contributed by atoms with Crippen molar-refractivity contribution in [3.05, 3.63) is 65.3 Å². The lowest BCUT2D eigenvalue weighted by molar-refractivity contribution is 0.302. The van der Waals surface area contributed by atoms with Crippen molar-refractivity contribution in [2.75, 3.05) is 0 Å². The van der Waals surface area contributed by atoms with Gasteiger partial charge in [0, 0.05) is 0 Å².